The molecule has 2 heterocycles. The van der Waals surface area contributed by atoms with Crippen molar-refractivity contribution in [2.45, 2.75) is 70.6 Å². The first kappa shape index (κ1) is 22.4. The zero-order valence-electron chi connectivity index (χ0n) is 17.6. The van der Waals surface area contributed by atoms with E-state index in [2.05, 4.69) is 10.00 Å². The molecule has 1 aliphatic carbocycles. The van der Waals surface area contributed by atoms with E-state index in [1.165, 1.54) is 4.68 Å². The summed E-state index contributed by atoms with van der Waals surface area (Å²) in [6.45, 7) is 8.28. The number of halogens is 2. The molecule has 2 fully saturated rings. The van der Waals surface area contributed by atoms with Crippen molar-refractivity contribution in [3.05, 3.63) is 22.0 Å². The van der Waals surface area contributed by atoms with Gasteiger partial charge < -0.3 is 9.64 Å². The Morgan fingerprint density at radius 2 is 1.73 bits per heavy atom. The third kappa shape index (κ3) is 5.24. The number of piperazine rings is 1. The Bertz CT molecular complexity index is 763. The summed E-state index contributed by atoms with van der Waals surface area (Å²) in [4.78, 5) is 26.5. The van der Waals surface area contributed by atoms with Crippen molar-refractivity contribution in [1.29, 1.82) is 0 Å². The van der Waals surface area contributed by atoms with Crippen molar-refractivity contribution in [2.75, 3.05) is 26.2 Å². The molecule has 1 saturated heterocycles. The number of aromatic nitrogens is 2. The molecule has 3 rings (SSSR count). The average Bonchev–Trinajstić information content (AvgIpc) is 3.13. The number of hydrogen-bond donors (Lipinski definition) is 0. The summed E-state index contributed by atoms with van der Waals surface area (Å²) in [5.41, 5.74) is -1.90. The standard InChI is InChI=1S/C19H29F2N5O4/c1-19(2,3)30-18(27)24-10-8-23(9-11-24)13-4-6-14(7-5-13)25-12-15(26(28)29)16(22-25)17(20)21/h12-14,17H,4-11H2,1-3H3. The van der Waals surface area contributed by atoms with E-state index in [4.69, 9.17) is 4.74 Å². The Balaban J connectivity index is 1.51. The summed E-state index contributed by atoms with van der Waals surface area (Å²) in [6, 6.07) is 0.234. The molecule has 1 aromatic rings. The van der Waals surface area contributed by atoms with Gasteiger partial charge in [0, 0.05) is 32.2 Å². The molecule has 0 aromatic carbocycles. The van der Waals surface area contributed by atoms with Gasteiger partial charge in [0.25, 0.3) is 6.43 Å². The molecular formula is C19H29F2N5O4. The van der Waals surface area contributed by atoms with E-state index in [9.17, 15) is 23.7 Å². The van der Waals surface area contributed by atoms with Crippen LogP contribution in [-0.2, 0) is 4.74 Å². The van der Waals surface area contributed by atoms with E-state index < -0.39 is 28.3 Å². The van der Waals surface area contributed by atoms with Gasteiger partial charge in [0.2, 0.25) is 5.69 Å². The first-order chi connectivity index (χ1) is 14.0. The second-order valence-corrected chi connectivity index (χ2v) is 8.90. The van der Waals surface area contributed by atoms with Crippen LogP contribution in [0, 0.1) is 10.1 Å². The maximum atomic E-state index is 13.0. The number of carbonyl (C=O) groups excluding carboxylic acids is 1. The maximum absolute atomic E-state index is 13.0. The molecule has 1 saturated carbocycles. The van der Waals surface area contributed by atoms with Crippen molar-refractivity contribution in [3.8, 4) is 0 Å². The zero-order valence-corrected chi connectivity index (χ0v) is 17.6. The molecule has 0 unspecified atom stereocenters. The molecule has 0 atom stereocenters. The van der Waals surface area contributed by atoms with Gasteiger partial charge in [0.05, 0.1) is 11.0 Å². The van der Waals surface area contributed by atoms with Crippen molar-refractivity contribution in [3.63, 3.8) is 0 Å². The fourth-order valence-electron chi connectivity index (χ4n) is 4.16. The molecule has 0 spiro atoms. The second-order valence-electron chi connectivity index (χ2n) is 8.90. The number of amides is 1. The topological polar surface area (TPSA) is 93.7 Å². The number of rotatable bonds is 4. The molecule has 0 radical (unpaired) electrons. The lowest BCUT2D eigenvalue weighted by molar-refractivity contribution is -0.386. The highest BCUT2D eigenvalue weighted by Crippen LogP contribution is 2.34. The summed E-state index contributed by atoms with van der Waals surface area (Å²) in [5, 5.41) is 14.8. The Hall–Kier alpha value is -2.30. The van der Waals surface area contributed by atoms with E-state index in [1.807, 2.05) is 20.8 Å². The van der Waals surface area contributed by atoms with Gasteiger partial charge in [-0.05, 0) is 46.5 Å². The quantitative estimate of drug-likeness (QED) is 0.534. The summed E-state index contributed by atoms with van der Waals surface area (Å²) >= 11 is 0. The second kappa shape index (κ2) is 8.83. The Morgan fingerprint density at radius 3 is 2.20 bits per heavy atom. The first-order valence-electron chi connectivity index (χ1n) is 10.3. The first-order valence-corrected chi connectivity index (χ1v) is 10.3. The molecule has 1 aromatic heterocycles. The monoisotopic (exact) mass is 429 g/mol. The van der Waals surface area contributed by atoms with Crippen LogP contribution in [0.1, 0.15) is 64.6 Å². The Kier molecular flexibility index (Phi) is 6.59. The van der Waals surface area contributed by atoms with E-state index >= 15 is 0 Å². The smallest absolute Gasteiger partial charge is 0.410 e. The van der Waals surface area contributed by atoms with Crippen LogP contribution in [-0.4, -0.2) is 68.4 Å². The third-order valence-corrected chi connectivity index (χ3v) is 5.67. The van der Waals surface area contributed by atoms with Crippen molar-refractivity contribution in [2.24, 2.45) is 0 Å². The van der Waals surface area contributed by atoms with Crippen LogP contribution in [0.5, 0.6) is 0 Å². The number of nitrogens with zero attached hydrogens (tertiary/aromatic N) is 5. The van der Waals surface area contributed by atoms with Gasteiger partial charge in [-0.15, -0.1) is 0 Å². The fraction of sp³-hybridized carbons (Fsp3) is 0.789. The largest absolute Gasteiger partial charge is 0.444 e. The van der Waals surface area contributed by atoms with Crippen molar-refractivity contribution >= 4 is 11.8 Å². The van der Waals surface area contributed by atoms with Crippen LogP contribution < -0.4 is 0 Å². The lowest BCUT2D eigenvalue weighted by atomic mass is 9.90. The number of nitro groups is 1. The number of carbonyl (C=O) groups is 1. The van der Waals surface area contributed by atoms with Gasteiger partial charge in [0.15, 0.2) is 0 Å². The van der Waals surface area contributed by atoms with E-state index in [0.717, 1.165) is 45.0 Å². The predicted octanol–water partition coefficient (Wildman–Crippen LogP) is 3.77. The third-order valence-electron chi connectivity index (χ3n) is 5.67. The van der Waals surface area contributed by atoms with Crippen LogP contribution in [0.2, 0.25) is 0 Å². The van der Waals surface area contributed by atoms with Gasteiger partial charge in [-0.3, -0.25) is 19.7 Å². The Labute approximate surface area is 174 Å². The van der Waals surface area contributed by atoms with Crippen LogP contribution in [0.4, 0.5) is 19.3 Å². The van der Waals surface area contributed by atoms with Gasteiger partial charge in [-0.1, -0.05) is 0 Å². The minimum Gasteiger partial charge on any atom is -0.444 e. The normalized spacial score (nSPS) is 23.6. The van der Waals surface area contributed by atoms with Crippen molar-refractivity contribution < 1.29 is 23.2 Å². The maximum Gasteiger partial charge on any atom is 0.410 e. The molecule has 0 bridgehead atoms. The van der Waals surface area contributed by atoms with Gasteiger partial charge in [-0.25, -0.2) is 13.6 Å². The highest BCUT2D eigenvalue weighted by atomic mass is 19.3. The SMILES string of the molecule is CC(C)(C)OC(=O)N1CCN(C2CCC(n3cc([N+](=O)[O-])c(C(F)F)n3)CC2)CC1. The molecule has 1 amide bonds. The van der Waals surface area contributed by atoms with Gasteiger partial charge in [0.1, 0.15) is 11.8 Å². The summed E-state index contributed by atoms with van der Waals surface area (Å²) in [5.74, 6) is 0. The summed E-state index contributed by atoms with van der Waals surface area (Å²) in [7, 11) is 0. The fourth-order valence-corrected chi connectivity index (χ4v) is 4.16. The summed E-state index contributed by atoms with van der Waals surface area (Å²) < 4.78 is 32.8. The number of alkyl halides is 2. The predicted molar refractivity (Wildman–Crippen MR) is 105 cm³/mol. The minimum absolute atomic E-state index is 0.115. The van der Waals surface area contributed by atoms with E-state index in [-0.39, 0.29) is 12.1 Å². The molecule has 30 heavy (non-hydrogen) atoms. The average molecular weight is 429 g/mol. The lowest BCUT2D eigenvalue weighted by Crippen LogP contribution is -2.53. The van der Waals surface area contributed by atoms with Crippen LogP contribution >= 0.6 is 0 Å². The van der Waals surface area contributed by atoms with Gasteiger partial charge >= 0.3 is 11.8 Å². The molecule has 9 nitrogen and oxygen atoms in total. The lowest BCUT2D eigenvalue weighted by Gasteiger charge is -2.42. The molecule has 2 aliphatic rings. The Morgan fingerprint density at radius 1 is 1.17 bits per heavy atom. The van der Waals surface area contributed by atoms with Crippen molar-refractivity contribution in [1.82, 2.24) is 19.6 Å². The molecule has 11 heteroatoms. The molecule has 1 aliphatic heterocycles. The molecular weight excluding hydrogens is 400 g/mol. The summed E-state index contributed by atoms with van der Waals surface area (Å²) in [6.07, 6.45) is 1.03. The minimum atomic E-state index is -2.97. The number of ether oxygens (including phenoxy) is 1. The van der Waals surface area contributed by atoms with Gasteiger partial charge in [-0.2, -0.15) is 5.10 Å². The van der Waals surface area contributed by atoms with Crippen LogP contribution in [0.15, 0.2) is 6.20 Å². The molecule has 0 N–H and O–H groups in total. The van der Waals surface area contributed by atoms with E-state index in [1.54, 1.807) is 4.90 Å². The highest BCUT2D eigenvalue weighted by Gasteiger charge is 2.34. The molecule has 168 valence electrons. The zero-order chi connectivity index (χ0) is 22.1. The van der Waals surface area contributed by atoms with Crippen LogP contribution in [0.3, 0.4) is 0 Å². The number of hydrogen-bond acceptors (Lipinski definition) is 6. The van der Waals surface area contributed by atoms with E-state index in [0.29, 0.717) is 19.1 Å². The highest BCUT2D eigenvalue weighted by molar-refractivity contribution is 5.68. The van der Waals surface area contributed by atoms with Crippen LogP contribution in [0.25, 0.3) is 0 Å².